The van der Waals surface area contributed by atoms with Crippen molar-refractivity contribution in [1.82, 2.24) is 4.98 Å². The van der Waals surface area contributed by atoms with Gasteiger partial charge in [0, 0.05) is 5.69 Å². The van der Waals surface area contributed by atoms with Crippen molar-refractivity contribution in [3.05, 3.63) is 48.2 Å². The maximum absolute atomic E-state index is 5.71. The van der Waals surface area contributed by atoms with Gasteiger partial charge in [-0.15, -0.1) is 0 Å². The molecule has 0 aliphatic heterocycles. The zero-order valence-corrected chi connectivity index (χ0v) is 9.02. The minimum absolute atomic E-state index is 0.0458. The number of benzene rings is 1. The molecule has 1 aromatic carbocycles. The van der Waals surface area contributed by atoms with Crippen LogP contribution < -0.4 is 5.73 Å². The zero-order chi connectivity index (χ0) is 11.0. The van der Waals surface area contributed by atoms with Crippen molar-refractivity contribution in [3.8, 4) is 0 Å². The van der Waals surface area contributed by atoms with Gasteiger partial charge in [0.05, 0.1) is 11.6 Å². The highest BCUT2D eigenvalue weighted by molar-refractivity contribution is 5.45. The summed E-state index contributed by atoms with van der Waals surface area (Å²) in [6, 6.07) is 8.09. The van der Waals surface area contributed by atoms with Crippen LogP contribution in [0.2, 0.25) is 0 Å². The van der Waals surface area contributed by atoms with Crippen LogP contribution in [0.15, 0.2) is 41.3 Å². The van der Waals surface area contributed by atoms with Gasteiger partial charge < -0.3 is 10.2 Å². The van der Waals surface area contributed by atoms with Crippen LogP contribution in [0, 0.1) is 0 Å². The van der Waals surface area contributed by atoms with Gasteiger partial charge in [-0.25, -0.2) is 4.98 Å². The standard InChI is InChI=1S/C13H14N2O/c14-11-4-2-10(3-5-11)13(6-1-7-13)12-8-15-9-16-12/h2-5,8-9H,1,6-7,14H2. The second-order valence-electron chi connectivity index (χ2n) is 4.42. The molecular weight excluding hydrogens is 200 g/mol. The molecule has 1 aliphatic carbocycles. The van der Waals surface area contributed by atoms with Gasteiger partial charge in [-0.05, 0) is 30.5 Å². The number of nitrogen functional groups attached to an aromatic ring is 1. The van der Waals surface area contributed by atoms with Crippen LogP contribution >= 0.6 is 0 Å². The van der Waals surface area contributed by atoms with Gasteiger partial charge in [0.1, 0.15) is 5.76 Å². The quantitative estimate of drug-likeness (QED) is 0.782. The van der Waals surface area contributed by atoms with E-state index < -0.39 is 0 Å². The highest BCUT2D eigenvalue weighted by Crippen LogP contribution is 2.48. The van der Waals surface area contributed by atoms with Crippen molar-refractivity contribution in [2.45, 2.75) is 24.7 Å². The summed E-state index contributed by atoms with van der Waals surface area (Å²) in [6.07, 6.45) is 6.84. The summed E-state index contributed by atoms with van der Waals surface area (Å²) in [6.45, 7) is 0. The van der Waals surface area contributed by atoms with Gasteiger partial charge >= 0.3 is 0 Å². The smallest absolute Gasteiger partial charge is 0.180 e. The van der Waals surface area contributed by atoms with Gasteiger partial charge in [0.15, 0.2) is 6.39 Å². The molecule has 1 fully saturated rings. The lowest BCUT2D eigenvalue weighted by Gasteiger charge is -2.40. The fraction of sp³-hybridized carbons (Fsp3) is 0.308. The number of aromatic nitrogens is 1. The summed E-state index contributed by atoms with van der Waals surface area (Å²) in [4.78, 5) is 4.02. The number of hydrogen-bond donors (Lipinski definition) is 1. The maximum atomic E-state index is 5.71. The van der Waals surface area contributed by atoms with E-state index in [9.17, 15) is 0 Å². The molecule has 0 saturated heterocycles. The Morgan fingerprint density at radius 3 is 2.44 bits per heavy atom. The third kappa shape index (κ3) is 1.24. The molecule has 0 amide bonds. The first-order chi connectivity index (χ1) is 7.81. The molecule has 1 aromatic heterocycles. The molecule has 2 aromatic rings. The highest BCUT2D eigenvalue weighted by Gasteiger charge is 2.42. The summed E-state index contributed by atoms with van der Waals surface area (Å²) < 4.78 is 5.48. The average molecular weight is 214 g/mol. The van der Waals surface area contributed by atoms with E-state index in [1.54, 1.807) is 0 Å². The van der Waals surface area contributed by atoms with Crippen LogP contribution in [-0.4, -0.2) is 4.98 Å². The van der Waals surface area contributed by atoms with Crippen molar-refractivity contribution in [2.75, 3.05) is 5.73 Å². The van der Waals surface area contributed by atoms with Crippen LogP contribution in [0.4, 0.5) is 5.69 Å². The van der Waals surface area contributed by atoms with Gasteiger partial charge in [0.25, 0.3) is 0 Å². The van der Waals surface area contributed by atoms with Crippen molar-refractivity contribution < 1.29 is 4.42 Å². The molecule has 16 heavy (non-hydrogen) atoms. The molecule has 0 unspecified atom stereocenters. The molecule has 82 valence electrons. The predicted octanol–water partition coefficient (Wildman–Crippen LogP) is 2.73. The van der Waals surface area contributed by atoms with E-state index in [0.29, 0.717) is 0 Å². The molecule has 0 bridgehead atoms. The van der Waals surface area contributed by atoms with Gasteiger partial charge in [-0.2, -0.15) is 0 Å². The normalized spacial score (nSPS) is 18.0. The molecule has 0 spiro atoms. The lowest BCUT2D eigenvalue weighted by atomic mass is 9.63. The summed E-state index contributed by atoms with van der Waals surface area (Å²) in [7, 11) is 0. The van der Waals surface area contributed by atoms with Gasteiger partial charge in [-0.1, -0.05) is 18.6 Å². The second-order valence-corrected chi connectivity index (χ2v) is 4.42. The first-order valence-electron chi connectivity index (χ1n) is 5.56. The first kappa shape index (κ1) is 9.46. The van der Waals surface area contributed by atoms with Crippen molar-refractivity contribution in [2.24, 2.45) is 0 Å². The van der Waals surface area contributed by atoms with E-state index in [-0.39, 0.29) is 5.41 Å². The Bertz CT molecular complexity index is 469. The Morgan fingerprint density at radius 2 is 1.94 bits per heavy atom. The average Bonchev–Trinajstić information content (AvgIpc) is 2.73. The molecule has 1 heterocycles. The summed E-state index contributed by atoms with van der Waals surface area (Å²) in [5.74, 6) is 0.975. The van der Waals surface area contributed by atoms with Crippen LogP contribution in [-0.2, 0) is 5.41 Å². The van der Waals surface area contributed by atoms with E-state index in [1.165, 1.54) is 18.4 Å². The Hall–Kier alpha value is -1.77. The number of hydrogen-bond acceptors (Lipinski definition) is 3. The SMILES string of the molecule is Nc1ccc(C2(c3cnco3)CCC2)cc1. The van der Waals surface area contributed by atoms with Crippen molar-refractivity contribution >= 4 is 5.69 Å². The molecule has 3 nitrogen and oxygen atoms in total. The third-order valence-electron chi connectivity index (χ3n) is 3.57. The highest BCUT2D eigenvalue weighted by atomic mass is 16.3. The zero-order valence-electron chi connectivity index (χ0n) is 9.02. The topological polar surface area (TPSA) is 52.0 Å². The van der Waals surface area contributed by atoms with E-state index in [1.807, 2.05) is 18.3 Å². The number of anilines is 1. The summed E-state index contributed by atoms with van der Waals surface area (Å²) >= 11 is 0. The fourth-order valence-corrected chi connectivity index (χ4v) is 2.46. The Morgan fingerprint density at radius 1 is 1.19 bits per heavy atom. The monoisotopic (exact) mass is 214 g/mol. The van der Waals surface area contributed by atoms with E-state index >= 15 is 0 Å². The number of nitrogens with two attached hydrogens (primary N) is 1. The Balaban J connectivity index is 2.05. The Kier molecular flexibility index (Phi) is 1.99. The molecule has 0 radical (unpaired) electrons. The van der Waals surface area contributed by atoms with Crippen LogP contribution in [0.5, 0.6) is 0 Å². The fourth-order valence-electron chi connectivity index (χ4n) is 2.46. The molecule has 2 N–H and O–H groups in total. The summed E-state index contributed by atoms with van der Waals surface area (Å²) in [5.41, 5.74) is 7.84. The van der Waals surface area contributed by atoms with Crippen LogP contribution in [0.3, 0.4) is 0 Å². The number of oxazole rings is 1. The molecule has 3 heteroatoms. The molecule has 3 rings (SSSR count). The minimum Gasteiger partial charge on any atom is -0.448 e. The lowest BCUT2D eigenvalue weighted by Crippen LogP contribution is -2.34. The number of rotatable bonds is 2. The maximum Gasteiger partial charge on any atom is 0.180 e. The van der Waals surface area contributed by atoms with Gasteiger partial charge in [0.2, 0.25) is 0 Å². The molecule has 1 aliphatic rings. The molecule has 1 saturated carbocycles. The second kappa shape index (κ2) is 3.37. The van der Waals surface area contributed by atoms with E-state index in [2.05, 4.69) is 17.1 Å². The van der Waals surface area contributed by atoms with Crippen molar-refractivity contribution in [3.63, 3.8) is 0 Å². The molecule has 0 atom stereocenters. The van der Waals surface area contributed by atoms with Crippen LogP contribution in [0.25, 0.3) is 0 Å². The Labute approximate surface area is 94.3 Å². The lowest BCUT2D eigenvalue weighted by molar-refractivity contribution is 0.249. The van der Waals surface area contributed by atoms with Crippen LogP contribution in [0.1, 0.15) is 30.6 Å². The summed E-state index contributed by atoms with van der Waals surface area (Å²) in [5, 5.41) is 0. The van der Waals surface area contributed by atoms with Gasteiger partial charge in [-0.3, -0.25) is 0 Å². The van der Waals surface area contributed by atoms with Crippen molar-refractivity contribution in [1.29, 1.82) is 0 Å². The minimum atomic E-state index is 0.0458. The first-order valence-corrected chi connectivity index (χ1v) is 5.56. The van der Waals surface area contributed by atoms with E-state index in [4.69, 9.17) is 10.2 Å². The van der Waals surface area contributed by atoms with E-state index in [0.717, 1.165) is 24.3 Å². The predicted molar refractivity (Wildman–Crippen MR) is 62.0 cm³/mol. The largest absolute Gasteiger partial charge is 0.448 e. The third-order valence-corrected chi connectivity index (χ3v) is 3.57. The number of nitrogens with zero attached hydrogens (tertiary/aromatic N) is 1. The molecular formula is C13H14N2O.